The number of ether oxygens (including phenoxy) is 2. The molecule has 0 saturated carbocycles. The zero-order chi connectivity index (χ0) is 14.5. The first-order valence-corrected chi connectivity index (χ1v) is 5.88. The topological polar surface area (TPSA) is 73.6 Å². The molecule has 0 unspecified atom stereocenters. The molecule has 1 N–H and O–H groups in total. The Labute approximate surface area is 118 Å². The number of rotatable bonds is 6. The summed E-state index contributed by atoms with van der Waals surface area (Å²) < 4.78 is 22.4. The lowest BCUT2D eigenvalue weighted by molar-refractivity contribution is 0.107. The first-order chi connectivity index (χ1) is 9.61. The number of hydrogen-bond donors (Lipinski definition) is 1. The maximum absolute atomic E-state index is 12.3. The van der Waals surface area contributed by atoms with Gasteiger partial charge in [-0.2, -0.15) is 0 Å². The summed E-state index contributed by atoms with van der Waals surface area (Å²) in [7, 11) is 0. The van der Waals surface area contributed by atoms with Crippen molar-refractivity contribution >= 4 is 16.8 Å². The van der Waals surface area contributed by atoms with Crippen LogP contribution in [0.25, 0.3) is 0 Å². The molecule has 8 heteroatoms. The maximum Gasteiger partial charge on any atom is 0.252 e. The summed E-state index contributed by atoms with van der Waals surface area (Å²) in [6, 6.07) is 5.91. The van der Waals surface area contributed by atoms with Crippen molar-refractivity contribution in [3.05, 3.63) is 41.6 Å². The van der Waals surface area contributed by atoms with E-state index in [2.05, 4.69) is 5.10 Å². The summed E-state index contributed by atoms with van der Waals surface area (Å²) in [4.78, 5) is 11.9. The van der Waals surface area contributed by atoms with E-state index in [0.29, 0.717) is 10.4 Å². The largest absolute Gasteiger partial charge is 0.471 e. The van der Waals surface area contributed by atoms with E-state index in [-0.39, 0.29) is 23.8 Å². The molecule has 0 aliphatic heterocycles. The van der Waals surface area contributed by atoms with Crippen LogP contribution in [0.15, 0.2) is 30.5 Å². The van der Waals surface area contributed by atoms with Gasteiger partial charge in [-0.3, -0.25) is 4.79 Å². The maximum atomic E-state index is 12.3. The minimum absolute atomic E-state index is 0.110. The number of alkyl halides is 1. The number of carbonyl (C=O) groups is 1. The summed E-state index contributed by atoms with van der Waals surface area (Å²) in [6.07, 6.45) is 1.27. The normalized spacial score (nSPS) is 10.3. The van der Waals surface area contributed by atoms with Gasteiger partial charge in [-0.15, -0.1) is 4.85 Å². The molecule has 0 bridgehead atoms. The number of nitrogens with zero attached hydrogens (tertiary/aromatic N) is 2. The molecule has 0 aliphatic carbocycles. The minimum Gasteiger partial charge on any atom is -0.471 e. The predicted molar refractivity (Wildman–Crippen MR) is 67.0 cm³/mol. The molecular formula is C12H10ClFN2O4. The zero-order valence-corrected chi connectivity index (χ0v) is 10.9. The second-order valence-corrected chi connectivity index (χ2v) is 4.02. The van der Waals surface area contributed by atoms with Crippen LogP contribution in [0.3, 0.4) is 0 Å². The molecule has 20 heavy (non-hydrogen) atoms. The quantitative estimate of drug-likeness (QED) is 0.655. The molecule has 0 aliphatic rings. The van der Waals surface area contributed by atoms with E-state index in [0.717, 1.165) is 0 Å². The summed E-state index contributed by atoms with van der Waals surface area (Å²) >= 11 is 5.46. The SMILES string of the molecule is O=C(Cl)c1cccc(OCF)c1COc1ccn(O)n1. The highest BCUT2D eigenvalue weighted by molar-refractivity contribution is 6.68. The van der Waals surface area contributed by atoms with E-state index in [4.69, 9.17) is 26.3 Å². The summed E-state index contributed by atoms with van der Waals surface area (Å²) in [5.74, 6) is 0.290. The highest BCUT2D eigenvalue weighted by atomic mass is 35.5. The van der Waals surface area contributed by atoms with Crippen LogP contribution in [0.2, 0.25) is 0 Å². The molecule has 0 fully saturated rings. The van der Waals surface area contributed by atoms with Gasteiger partial charge < -0.3 is 14.7 Å². The van der Waals surface area contributed by atoms with Crippen LogP contribution >= 0.6 is 11.6 Å². The van der Waals surface area contributed by atoms with Crippen molar-refractivity contribution in [2.75, 3.05) is 6.86 Å². The fraction of sp³-hybridized carbons (Fsp3) is 0.167. The van der Waals surface area contributed by atoms with Crippen LogP contribution in [0, 0.1) is 0 Å². The van der Waals surface area contributed by atoms with Crippen molar-refractivity contribution in [1.82, 2.24) is 9.94 Å². The second kappa shape index (κ2) is 6.25. The Balaban J connectivity index is 2.25. The lowest BCUT2D eigenvalue weighted by Gasteiger charge is -2.12. The van der Waals surface area contributed by atoms with E-state index in [9.17, 15) is 9.18 Å². The van der Waals surface area contributed by atoms with Gasteiger partial charge in [0, 0.05) is 17.2 Å². The van der Waals surface area contributed by atoms with Crippen molar-refractivity contribution in [2.24, 2.45) is 0 Å². The molecular weight excluding hydrogens is 291 g/mol. The first kappa shape index (κ1) is 14.1. The average Bonchev–Trinajstić information content (AvgIpc) is 2.83. The van der Waals surface area contributed by atoms with E-state index in [1.54, 1.807) is 0 Å². The minimum atomic E-state index is -1.04. The lowest BCUT2D eigenvalue weighted by Crippen LogP contribution is -2.06. The van der Waals surface area contributed by atoms with E-state index >= 15 is 0 Å². The van der Waals surface area contributed by atoms with Gasteiger partial charge >= 0.3 is 0 Å². The average molecular weight is 301 g/mol. The van der Waals surface area contributed by atoms with Gasteiger partial charge in [-0.05, 0) is 23.7 Å². The smallest absolute Gasteiger partial charge is 0.252 e. The Hall–Kier alpha value is -2.28. The third kappa shape index (κ3) is 3.18. The molecule has 0 atom stereocenters. The molecule has 106 valence electrons. The molecule has 1 heterocycles. The molecule has 2 aromatic rings. The van der Waals surface area contributed by atoms with Gasteiger partial charge in [0.2, 0.25) is 12.7 Å². The summed E-state index contributed by atoms with van der Waals surface area (Å²) in [6.45, 7) is -1.15. The van der Waals surface area contributed by atoms with Gasteiger partial charge in [-0.1, -0.05) is 11.2 Å². The third-order valence-electron chi connectivity index (χ3n) is 2.47. The second-order valence-electron chi connectivity index (χ2n) is 3.67. The zero-order valence-electron chi connectivity index (χ0n) is 10.1. The standard InChI is InChI=1S/C12H10ClFN2O4/c13-12(17)8-2-1-3-10(20-7-14)9(8)6-19-11-4-5-16(18)15-11/h1-5,18H,6-7H2. The Kier molecular flexibility index (Phi) is 4.41. The molecule has 0 radical (unpaired) electrons. The molecule has 1 aromatic heterocycles. The van der Waals surface area contributed by atoms with Crippen LogP contribution in [-0.4, -0.2) is 27.3 Å². The molecule has 0 amide bonds. The Morgan fingerprint density at radius 3 is 2.80 bits per heavy atom. The van der Waals surface area contributed by atoms with Crippen LogP contribution < -0.4 is 9.47 Å². The van der Waals surface area contributed by atoms with E-state index < -0.39 is 12.1 Å². The van der Waals surface area contributed by atoms with Crippen LogP contribution in [0.5, 0.6) is 11.6 Å². The van der Waals surface area contributed by atoms with Crippen LogP contribution in [0.1, 0.15) is 15.9 Å². The van der Waals surface area contributed by atoms with Gasteiger partial charge in [0.15, 0.2) is 0 Å². The molecule has 2 rings (SSSR count). The number of hydrogen-bond acceptors (Lipinski definition) is 5. The summed E-state index contributed by atoms with van der Waals surface area (Å²) in [5, 5.41) is 11.9. The Morgan fingerprint density at radius 1 is 1.40 bits per heavy atom. The van der Waals surface area contributed by atoms with Crippen molar-refractivity contribution in [1.29, 1.82) is 0 Å². The fourth-order valence-electron chi connectivity index (χ4n) is 1.61. The van der Waals surface area contributed by atoms with Crippen LogP contribution in [-0.2, 0) is 6.61 Å². The predicted octanol–water partition coefficient (Wildman–Crippen LogP) is 2.38. The summed E-state index contributed by atoms with van der Waals surface area (Å²) in [5.41, 5.74) is 0.457. The van der Waals surface area contributed by atoms with Crippen LogP contribution in [0.4, 0.5) is 4.39 Å². The van der Waals surface area contributed by atoms with Crippen molar-refractivity contribution < 1.29 is 23.9 Å². The van der Waals surface area contributed by atoms with Crippen molar-refractivity contribution in [2.45, 2.75) is 6.61 Å². The molecule has 6 nitrogen and oxygen atoms in total. The van der Waals surface area contributed by atoms with Gasteiger partial charge in [0.1, 0.15) is 12.4 Å². The van der Waals surface area contributed by atoms with E-state index in [1.807, 2.05) is 0 Å². The molecule has 0 saturated heterocycles. The molecule has 1 aromatic carbocycles. The van der Waals surface area contributed by atoms with Crippen molar-refractivity contribution in [3.8, 4) is 11.6 Å². The highest BCUT2D eigenvalue weighted by Gasteiger charge is 2.15. The number of aromatic nitrogens is 2. The van der Waals surface area contributed by atoms with Crippen molar-refractivity contribution in [3.63, 3.8) is 0 Å². The lowest BCUT2D eigenvalue weighted by atomic mass is 10.1. The van der Waals surface area contributed by atoms with Gasteiger partial charge in [0.25, 0.3) is 5.24 Å². The molecule has 0 spiro atoms. The number of carbonyl (C=O) groups excluding carboxylic acids is 1. The Bertz CT molecular complexity index is 617. The number of benzene rings is 1. The fourth-order valence-corrected chi connectivity index (χ4v) is 1.79. The third-order valence-corrected chi connectivity index (χ3v) is 2.67. The van der Waals surface area contributed by atoms with Gasteiger partial charge in [0.05, 0.1) is 6.20 Å². The monoisotopic (exact) mass is 300 g/mol. The van der Waals surface area contributed by atoms with Gasteiger partial charge in [-0.25, -0.2) is 4.39 Å². The van der Waals surface area contributed by atoms with E-state index in [1.165, 1.54) is 30.5 Å². The Morgan fingerprint density at radius 2 is 2.20 bits per heavy atom. The number of halogens is 2. The highest BCUT2D eigenvalue weighted by Crippen LogP contribution is 2.25. The first-order valence-electron chi connectivity index (χ1n) is 5.50.